The summed E-state index contributed by atoms with van der Waals surface area (Å²) in [5.41, 5.74) is 0.369. The second-order valence-electron chi connectivity index (χ2n) is 4.64. The van der Waals surface area contributed by atoms with Crippen LogP contribution in [0.2, 0.25) is 0 Å². The molecule has 0 unspecified atom stereocenters. The molecule has 1 rings (SSSR count). The van der Waals surface area contributed by atoms with Crippen LogP contribution in [0.25, 0.3) is 0 Å². The highest BCUT2D eigenvalue weighted by Gasteiger charge is 2.28. The molecule has 3 amide bonds. The fraction of sp³-hybridized carbons (Fsp3) is 0.333. The Kier molecular flexibility index (Phi) is 6.25. The van der Waals surface area contributed by atoms with E-state index >= 15 is 0 Å². The summed E-state index contributed by atoms with van der Waals surface area (Å²) in [5.74, 6) is -2.71. The van der Waals surface area contributed by atoms with E-state index in [1.54, 1.807) is 30.3 Å². The summed E-state index contributed by atoms with van der Waals surface area (Å²) in [7, 11) is 0. The molecule has 22 heavy (non-hydrogen) atoms. The van der Waals surface area contributed by atoms with E-state index in [2.05, 4.69) is 0 Å². The van der Waals surface area contributed by atoms with Crippen LogP contribution in [0.5, 0.6) is 0 Å². The van der Waals surface area contributed by atoms with Crippen LogP contribution in [0.3, 0.4) is 0 Å². The number of rotatable bonds is 5. The van der Waals surface area contributed by atoms with Crippen molar-refractivity contribution in [1.29, 1.82) is 0 Å². The molecule has 1 N–H and O–H groups in total. The van der Waals surface area contributed by atoms with Gasteiger partial charge in [-0.25, -0.2) is 5.01 Å². The van der Waals surface area contributed by atoms with Crippen LogP contribution in [0.15, 0.2) is 30.3 Å². The number of imide groups is 1. The Labute approximate surface area is 128 Å². The van der Waals surface area contributed by atoms with E-state index in [1.165, 1.54) is 13.8 Å². The predicted molar refractivity (Wildman–Crippen MR) is 78.6 cm³/mol. The minimum atomic E-state index is -1.01. The summed E-state index contributed by atoms with van der Waals surface area (Å²) in [6.45, 7) is 2.36. The van der Waals surface area contributed by atoms with Crippen LogP contribution in [0.4, 0.5) is 5.69 Å². The number of nitrogens with zero attached hydrogens (tertiary/aromatic N) is 2. The van der Waals surface area contributed by atoms with Crippen molar-refractivity contribution in [3.05, 3.63) is 30.3 Å². The fourth-order valence-corrected chi connectivity index (χ4v) is 1.94. The molecular formula is C15H18N2O5. The number of benzene rings is 1. The summed E-state index contributed by atoms with van der Waals surface area (Å²) < 4.78 is 0. The summed E-state index contributed by atoms with van der Waals surface area (Å²) in [6, 6.07) is 8.26. The fourth-order valence-electron chi connectivity index (χ4n) is 1.94. The van der Waals surface area contributed by atoms with E-state index in [0.717, 1.165) is 10.0 Å². The van der Waals surface area contributed by atoms with Gasteiger partial charge in [-0.2, -0.15) is 5.01 Å². The SMILES string of the molecule is CC(=O)N(C(C)=O)N(C(=O)CCCC(=O)O)c1ccccc1. The molecule has 7 heteroatoms. The largest absolute Gasteiger partial charge is 0.481 e. The van der Waals surface area contributed by atoms with Gasteiger partial charge in [-0.15, -0.1) is 0 Å². The van der Waals surface area contributed by atoms with Crippen molar-refractivity contribution >= 4 is 29.4 Å². The van der Waals surface area contributed by atoms with Crippen molar-refractivity contribution < 1.29 is 24.3 Å². The van der Waals surface area contributed by atoms with Gasteiger partial charge in [-0.05, 0) is 18.6 Å². The maximum Gasteiger partial charge on any atom is 0.303 e. The first-order chi connectivity index (χ1) is 10.3. The van der Waals surface area contributed by atoms with Crippen LogP contribution < -0.4 is 5.01 Å². The molecule has 118 valence electrons. The number of hydrogen-bond acceptors (Lipinski definition) is 4. The topological polar surface area (TPSA) is 95.0 Å². The zero-order chi connectivity index (χ0) is 16.7. The van der Waals surface area contributed by atoms with Gasteiger partial charge in [0.25, 0.3) is 0 Å². The molecule has 0 aromatic heterocycles. The molecule has 7 nitrogen and oxygen atoms in total. The molecule has 1 aromatic carbocycles. The first kappa shape index (κ1) is 17.4. The Hall–Kier alpha value is -2.70. The van der Waals surface area contributed by atoms with Crippen LogP contribution >= 0.6 is 0 Å². The third-order valence-electron chi connectivity index (χ3n) is 2.81. The molecule has 0 atom stereocenters. The highest BCUT2D eigenvalue weighted by atomic mass is 16.4. The molecule has 0 fully saturated rings. The number of carboxylic acid groups (broad SMARTS) is 1. The number of hydrazine groups is 1. The number of carbonyl (C=O) groups is 4. The van der Waals surface area contributed by atoms with E-state index in [1.807, 2.05) is 0 Å². The number of hydrogen-bond donors (Lipinski definition) is 1. The van der Waals surface area contributed by atoms with E-state index < -0.39 is 23.7 Å². The molecule has 0 saturated heterocycles. The molecule has 0 aliphatic heterocycles. The smallest absolute Gasteiger partial charge is 0.303 e. The molecule has 0 aliphatic rings. The third-order valence-corrected chi connectivity index (χ3v) is 2.81. The van der Waals surface area contributed by atoms with Crippen LogP contribution in [0, 0.1) is 0 Å². The lowest BCUT2D eigenvalue weighted by molar-refractivity contribution is -0.147. The van der Waals surface area contributed by atoms with Gasteiger partial charge >= 0.3 is 5.97 Å². The van der Waals surface area contributed by atoms with Gasteiger partial charge < -0.3 is 5.11 Å². The summed E-state index contributed by atoms with van der Waals surface area (Å²) in [5, 5.41) is 10.4. The van der Waals surface area contributed by atoms with Crippen molar-refractivity contribution in [1.82, 2.24) is 5.01 Å². The molecule has 0 radical (unpaired) electrons. The maximum atomic E-state index is 12.4. The Morgan fingerprint density at radius 3 is 1.95 bits per heavy atom. The highest BCUT2D eigenvalue weighted by Crippen LogP contribution is 2.19. The van der Waals surface area contributed by atoms with Crippen molar-refractivity contribution in [2.45, 2.75) is 33.1 Å². The minimum absolute atomic E-state index is 0.0851. The summed E-state index contributed by atoms with van der Waals surface area (Å²) in [4.78, 5) is 46.3. The number of carboxylic acids is 1. The zero-order valence-corrected chi connectivity index (χ0v) is 12.5. The minimum Gasteiger partial charge on any atom is -0.481 e. The van der Waals surface area contributed by atoms with Gasteiger partial charge in [0.1, 0.15) is 0 Å². The number of para-hydroxylation sites is 1. The van der Waals surface area contributed by atoms with Gasteiger partial charge in [-0.3, -0.25) is 19.2 Å². The Balaban J connectivity index is 3.06. The van der Waals surface area contributed by atoms with E-state index in [0.29, 0.717) is 5.69 Å². The van der Waals surface area contributed by atoms with Crippen LogP contribution in [-0.4, -0.2) is 33.8 Å². The molecule has 0 bridgehead atoms. The average molecular weight is 306 g/mol. The molecule has 0 saturated carbocycles. The molecule has 1 aromatic rings. The first-order valence-electron chi connectivity index (χ1n) is 6.75. The molecular weight excluding hydrogens is 288 g/mol. The Bertz CT molecular complexity index is 557. The van der Waals surface area contributed by atoms with Crippen molar-refractivity contribution in [2.24, 2.45) is 0 Å². The zero-order valence-electron chi connectivity index (χ0n) is 12.5. The molecule has 0 aliphatic carbocycles. The standard InChI is InChI=1S/C15H18N2O5/c1-11(18)16(12(2)19)17(13-7-4-3-5-8-13)14(20)9-6-10-15(21)22/h3-5,7-8H,6,9-10H2,1-2H3,(H,21,22). The lowest BCUT2D eigenvalue weighted by Crippen LogP contribution is -2.51. The number of aliphatic carboxylic acids is 1. The molecule has 0 heterocycles. The predicted octanol–water partition coefficient (Wildman–Crippen LogP) is 1.58. The van der Waals surface area contributed by atoms with Gasteiger partial charge in [0, 0.05) is 26.7 Å². The summed E-state index contributed by atoms with van der Waals surface area (Å²) in [6.07, 6.45) is -0.117. The van der Waals surface area contributed by atoms with Crippen LogP contribution in [-0.2, 0) is 19.2 Å². The van der Waals surface area contributed by atoms with Crippen molar-refractivity contribution in [3.63, 3.8) is 0 Å². The molecule has 0 spiro atoms. The number of carbonyl (C=O) groups excluding carboxylic acids is 3. The quantitative estimate of drug-likeness (QED) is 0.833. The lowest BCUT2D eigenvalue weighted by Gasteiger charge is -2.31. The van der Waals surface area contributed by atoms with Gasteiger partial charge in [-0.1, -0.05) is 18.2 Å². The number of anilines is 1. The van der Waals surface area contributed by atoms with Crippen LogP contribution in [0.1, 0.15) is 33.1 Å². The van der Waals surface area contributed by atoms with Gasteiger partial charge in [0.2, 0.25) is 17.7 Å². The van der Waals surface area contributed by atoms with Crippen molar-refractivity contribution in [2.75, 3.05) is 5.01 Å². The average Bonchev–Trinajstić information content (AvgIpc) is 2.44. The highest BCUT2D eigenvalue weighted by molar-refractivity contribution is 6.03. The van der Waals surface area contributed by atoms with E-state index in [-0.39, 0.29) is 19.3 Å². The first-order valence-corrected chi connectivity index (χ1v) is 6.75. The van der Waals surface area contributed by atoms with E-state index in [9.17, 15) is 19.2 Å². The third kappa shape index (κ3) is 4.69. The number of amides is 3. The second kappa shape index (κ2) is 7.92. The Morgan fingerprint density at radius 1 is 0.955 bits per heavy atom. The monoisotopic (exact) mass is 306 g/mol. The normalized spacial score (nSPS) is 9.91. The van der Waals surface area contributed by atoms with E-state index in [4.69, 9.17) is 5.11 Å². The Morgan fingerprint density at radius 2 is 1.50 bits per heavy atom. The van der Waals surface area contributed by atoms with Gasteiger partial charge in [0.05, 0.1) is 5.69 Å². The summed E-state index contributed by atoms with van der Waals surface area (Å²) >= 11 is 0. The maximum absolute atomic E-state index is 12.4. The van der Waals surface area contributed by atoms with Crippen molar-refractivity contribution in [3.8, 4) is 0 Å². The van der Waals surface area contributed by atoms with Gasteiger partial charge in [0.15, 0.2) is 0 Å². The lowest BCUT2D eigenvalue weighted by atomic mass is 10.2. The second-order valence-corrected chi connectivity index (χ2v) is 4.64.